The molecule has 0 heterocycles. The molecule has 0 aromatic heterocycles. The molecule has 0 aliphatic carbocycles. The largest absolute Gasteiger partial charge is 0.389 e. The number of aliphatic hydroxyl groups is 1. The molecule has 1 nitrogen and oxygen atoms in total. The molecule has 1 atom stereocenters. The lowest BCUT2D eigenvalue weighted by Gasteiger charge is -2.40. The van der Waals surface area contributed by atoms with Crippen molar-refractivity contribution in [3.63, 3.8) is 0 Å². The lowest BCUT2D eigenvalue weighted by molar-refractivity contribution is 0.237. The standard InChI is InChI=1S/C31H42OSi2/c1-6-7-8-18-25-30(33(3,4)27-19-12-9-13-20-27)31(26(2)32)34(5,28-21-14-10-15-22-28)29-23-16-11-17-24-29/h9-17,19-24,26,32H,6-8,18,25H2,1-5H3/b31-30-. The predicted molar refractivity (Wildman–Crippen MR) is 155 cm³/mol. The molecule has 0 bridgehead atoms. The summed E-state index contributed by atoms with van der Waals surface area (Å²) in [5.74, 6) is 0. The number of hydrogen-bond acceptors (Lipinski definition) is 1. The zero-order valence-corrected chi connectivity index (χ0v) is 23.7. The molecule has 180 valence electrons. The molecular weight excluding hydrogens is 445 g/mol. The molecular formula is C31H42OSi2. The summed E-state index contributed by atoms with van der Waals surface area (Å²) in [7, 11) is -4.42. The van der Waals surface area contributed by atoms with Gasteiger partial charge in [-0.3, -0.25) is 0 Å². The molecule has 3 heteroatoms. The van der Waals surface area contributed by atoms with Crippen LogP contribution in [0.25, 0.3) is 0 Å². The SMILES string of the molecule is CCCCCC/C(=C(\C(C)O)[Si](C)(c1ccccc1)c1ccccc1)[Si](C)(C)c1ccccc1. The number of allylic oxidation sites excluding steroid dienone is 1. The van der Waals surface area contributed by atoms with Crippen LogP contribution in [-0.4, -0.2) is 27.4 Å². The quantitative estimate of drug-likeness (QED) is 0.252. The molecule has 0 amide bonds. The van der Waals surface area contributed by atoms with Crippen LogP contribution in [0.5, 0.6) is 0 Å². The Hall–Kier alpha value is -2.21. The summed E-state index contributed by atoms with van der Waals surface area (Å²) in [5.41, 5.74) is 0. The van der Waals surface area contributed by atoms with Gasteiger partial charge in [-0.1, -0.05) is 147 Å². The summed E-state index contributed by atoms with van der Waals surface area (Å²) in [5, 5.41) is 18.7. The van der Waals surface area contributed by atoms with Gasteiger partial charge in [-0.25, -0.2) is 0 Å². The maximum Gasteiger partial charge on any atom is 0.143 e. The Morgan fingerprint density at radius 2 is 1.12 bits per heavy atom. The number of benzene rings is 3. The van der Waals surface area contributed by atoms with Crippen LogP contribution in [0.2, 0.25) is 19.6 Å². The molecule has 0 aliphatic rings. The molecule has 1 unspecified atom stereocenters. The third kappa shape index (κ3) is 5.71. The fraction of sp³-hybridized carbons (Fsp3) is 0.355. The van der Waals surface area contributed by atoms with E-state index >= 15 is 0 Å². The van der Waals surface area contributed by atoms with E-state index in [1.54, 1.807) is 5.20 Å². The van der Waals surface area contributed by atoms with Gasteiger partial charge in [-0.2, -0.15) is 0 Å². The van der Waals surface area contributed by atoms with Crippen LogP contribution in [0, 0.1) is 0 Å². The van der Waals surface area contributed by atoms with Crippen molar-refractivity contribution < 1.29 is 5.11 Å². The van der Waals surface area contributed by atoms with E-state index in [1.807, 2.05) is 6.92 Å². The van der Waals surface area contributed by atoms with Crippen molar-refractivity contribution in [2.75, 3.05) is 0 Å². The fourth-order valence-corrected chi connectivity index (χ4v) is 14.5. The maximum atomic E-state index is 11.6. The molecule has 3 aromatic rings. The summed E-state index contributed by atoms with van der Waals surface area (Å²) in [6.45, 7) is 11.7. The van der Waals surface area contributed by atoms with Gasteiger partial charge in [0.15, 0.2) is 0 Å². The fourth-order valence-electron chi connectivity index (χ4n) is 5.53. The van der Waals surface area contributed by atoms with Crippen molar-refractivity contribution in [3.05, 3.63) is 101 Å². The molecule has 0 spiro atoms. The highest BCUT2D eigenvalue weighted by Gasteiger charge is 2.43. The number of hydrogen-bond donors (Lipinski definition) is 1. The Kier molecular flexibility index (Phi) is 9.29. The van der Waals surface area contributed by atoms with Crippen molar-refractivity contribution in [2.24, 2.45) is 0 Å². The van der Waals surface area contributed by atoms with Crippen LogP contribution in [0.4, 0.5) is 0 Å². The third-order valence-corrected chi connectivity index (χ3v) is 16.3. The maximum absolute atomic E-state index is 11.6. The number of rotatable bonds is 11. The van der Waals surface area contributed by atoms with Crippen LogP contribution >= 0.6 is 0 Å². The van der Waals surface area contributed by atoms with Crippen LogP contribution in [0.1, 0.15) is 46.0 Å². The van der Waals surface area contributed by atoms with Gasteiger partial charge in [-0.15, -0.1) is 0 Å². The van der Waals surface area contributed by atoms with E-state index < -0.39 is 22.3 Å². The molecule has 0 aliphatic heterocycles. The van der Waals surface area contributed by atoms with Gasteiger partial charge >= 0.3 is 0 Å². The van der Waals surface area contributed by atoms with Gasteiger partial charge in [0.25, 0.3) is 0 Å². The minimum absolute atomic E-state index is 0.478. The van der Waals surface area contributed by atoms with Crippen LogP contribution in [0.15, 0.2) is 101 Å². The predicted octanol–water partition coefficient (Wildman–Crippen LogP) is 6.22. The van der Waals surface area contributed by atoms with E-state index in [-0.39, 0.29) is 0 Å². The first-order valence-corrected chi connectivity index (χ1v) is 18.4. The molecule has 34 heavy (non-hydrogen) atoms. The van der Waals surface area contributed by atoms with E-state index in [0.717, 1.165) is 6.42 Å². The minimum atomic E-state index is -2.40. The van der Waals surface area contributed by atoms with E-state index in [2.05, 4.69) is 118 Å². The van der Waals surface area contributed by atoms with Crippen molar-refractivity contribution in [3.8, 4) is 0 Å². The second-order valence-electron chi connectivity index (χ2n) is 10.2. The van der Waals surface area contributed by atoms with Gasteiger partial charge in [0, 0.05) is 0 Å². The van der Waals surface area contributed by atoms with E-state index in [9.17, 15) is 5.11 Å². The van der Waals surface area contributed by atoms with Gasteiger partial charge in [0.05, 0.1) is 6.10 Å². The second-order valence-corrected chi connectivity index (χ2v) is 18.6. The second kappa shape index (κ2) is 12.0. The minimum Gasteiger partial charge on any atom is -0.389 e. The molecule has 3 aromatic carbocycles. The zero-order chi connectivity index (χ0) is 24.6. The average molecular weight is 487 g/mol. The van der Waals surface area contributed by atoms with Gasteiger partial charge in [-0.05, 0) is 35.3 Å². The molecule has 0 radical (unpaired) electrons. The monoisotopic (exact) mass is 486 g/mol. The highest BCUT2D eigenvalue weighted by molar-refractivity contribution is 7.08. The molecule has 3 rings (SSSR count). The van der Waals surface area contributed by atoms with Crippen LogP contribution in [-0.2, 0) is 0 Å². The molecule has 0 saturated heterocycles. The number of aliphatic hydroxyl groups excluding tert-OH is 1. The van der Waals surface area contributed by atoms with Gasteiger partial charge in [0.1, 0.15) is 16.1 Å². The van der Waals surface area contributed by atoms with Crippen LogP contribution < -0.4 is 15.6 Å². The van der Waals surface area contributed by atoms with Gasteiger partial charge in [0.2, 0.25) is 0 Å². The molecule has 0 fully saturated rings. The highest BCUT2D eigenvalue weighted by Crippen LogP contribution is 2.32. The molecule has 0 saturated carbocycles. The van der Waals surface area contributed by atoms with Crippen LogP contribution in [0.3, 0.4) is 0 Å². The Labute approximate surface area is 209 Å². The van der Waals surface area contributed by atoms with E-state index in [4.69, 9.17) is 0 Å². The summed E-state index contributed by atoms with van der Waals surface area (Å²) < 4.78 is 0. The summed E-state index contributed by atoms with van der Waals surface area (Å²) in [6, 6.07) is 33.0. The summed E-state index contributed by atoms with van der Waals surface area (Å²) in [4.78, 5) is 0. The molecule has 1 N–H and O–H groups in total. The third-order valence-electron chi connectivity index (χ3n) is 7.51. The number of unbranched alkanes of at least 4 members (excludes halogenated alkanes) is 3. The smallest absolute Gasteiger partial charge is 0.143 e. The lowest BCUT2D eigenvalue weighted by Crippen LogP contribution is -2.61. The normalized spacial score (nSPS) is 13.9. The van der Waals surface area contributed by atoms with E-state index in [0.29, 0.717) is 0 Å². The van der Waals surface area contributed by atoms with E-state index in [1.165, 1.54) is 46.4 Å². The Balaban J connectivity index is 2.33. The Morgan fingerprint density at radius 1 is 0.676 bits per heavy atom. The van der Waals surface area contributed by atoms with Crippen molar-refractivity contribution in [2.45, 2.75) is 71.7 Å². The Morgan fingerprint density at radius 3 is 1.53 bits per heavy atom. The summed E-state index contributed by atoms with van der Waals surface area (Å²) in [6.07, 6.45) is 5.56. The Bertz CT molecular complexity index is 1000. The van der Waals surface area contributed by atoms with Crippen molar-refractivity contribution >= 4 is 31.7 Å². The van der Waals surface area contributed by atoms with Gasteiger partial charge < -0.3 is 5.11 Å². The van der Waals surface area contributed by atoms with Crippen molar-refractivity contribution in [1.29, 1.82) is 0 Å². The van der Waals surface area contributed by atoms with Crippen molar-refractivity contribution in [1.82, 2.24) is 0 Å². The highest BCUT2D eigenvalue weighted by atomic mass is 28.3. The lowest BCUT2D eigenvalue weighted by atomic mass is 10.1. The first-order valence-electron chi connectivity index (χ1n) is 12.9. The first kappa shape index (κ1) is 26.4. The first-order chi connectivity index (χ1) is 16.3. The average Bonchev–Trinajstić information content (AvgIpc) is 2.87. The topological polar surface area (TPSA) is 20.2 Å². The summed E-state index contributed by atoms with van der Waals surface area (Å²) >= 11 is 0. The zero-order valence-electron chi connectivity index (χ0n) is 21.7.